The second-order valence-electron chi connectivity index (χ2n) is 4.03. The predicted octanol–water partition coefficient (Wildman–Crippen LogP) is 3.49. The van der Waals surface area contributed by atoms with E-state index in [0.29, 0.717) is 0 Å². The molecule has 2 nitrogen and oxygen atoms in total. The molecule has 0 saturated carbocycles. The van der Waals surface area contributed by atoms with Crippen LogP contribution in [0.1, 0.15) is 18.6 Å². The van der Waals surface area contributed by atoms with Gasteiger partial charge in [0.1, 0.15) is 11.9 Å². The molecule has 0 saturated heterocycles. The third kappa shape index (κ3) is 2.86. The topological polar surface area (TPSA) is 35.2 Å². The molecule has 0 fully saturated rings. The van der Waals surface area contributed by atoms with Crippen LogP contribution >= 0.6 is 11.3 Å². The van der Waals surface area contributed by atoms with Crippen molar-refractivity contribution < 1.29 is 13.5 Å². The van der Waals surface area contributed by atoms with E-state index in [1.54, 1.807) is 0 Å². The van der Waals surface area contributed by atoms with Gasteiger partial charge in [-0.1, -0.05) is 0 Å². The average Bonchev–Trinajstić information content (AvgIpc) is 2.83. The third-order valence-electron chi connectivity index (χ3n) is 2.50. The third-order valence-corrected chi connectivity index (χ3v) is 3.20. The molecule has 0 amide bonds. The van der Waals surface area contributed by atoms with E-state index in [2.05, 4.69) is 0 Å². The number of hydrogen-bond acceptors (Lipinski definition) is 3. The number of hydrogen-bond donors (Lipinski definition) is 1. The maximum absolute atomic E-state index is 13.1. The Balaban J connectivity index is 2.21. The van der Waals surface area contributed by atoms with Crippen molar-refractivity contribution in [3.05, 3.63) is 52.2 Å². The van der Waals surface area contributed by atoms with Gasteiger partial charge in [-0.25, -0.2) is 8.78 Å². The van der Waals surface area contributed by atoms with Crippen molar-refractivity contribution in [3.63, 3.8) is 0 Å². The lowest BCUT2D eigenvalue weighted by molar-refractivity contribution is 0.180. The van der Waals surface area contributed by atoms with E-state index in [4.69, 9.17) is 10.5 Å². The SMILES string of the molecule is CC(N)C(Oc1ccc(F)c(F)c1)c1ccsc1. The molecule has 2 aromatic rings. The van der Waals surface area contributed by atoms with Gasteiger partial charge in [-0.15, -0.1) is 0 Å². The Kier molecular flexibility index (Phi) is 3.93. The van der Waals surface area contributed by atoms with Gasteiger partial charge in [-0.2, -0.15) is 11.3 Å². The van der Waals surface area contributed by atoms with E-state index in [1.165, 1.54) is 17.4 Å². The Bertz CT molecular complexity index is 514. The van der Waals surface area contributed by atoms with Crippen LogP contribution in [0.2, 0.25) is 0 Å². The van der Waals surface area contributed by atoms with Crippen LogP contribution in [0.3, 0.4) is 0 Å². The van der Waals surface area contributed by atoms with Gasteiger partial charge in [0.05, 0.1) is 0 Å². The lowest BCUT2D eigenvalue weighted by atomic mass is 10.1. The van der Waals surface area contributed by atoms with Gasteiger partial charge in [0, 0.05) is 17.7 Å². The minimum Gasteiger partial charge on any atom is -0.484 e. The molecule has 0 radical (unpaired) electrons. The monoisotopic (exact) mass is 269 g/mol. The largest absolute Gasteiger partial charge is 0.484 e. The van der Waals surface area contributed by atoms with E-state index in [1.807, 2.05) is 23.8 Å². The summed E-state index contributed by atoms with van der Waals surface area (Å²) in [5, 5.41) is 3.84. The number of thiophene rings is 1. The van der Waals surface area contributed by atoms with Gasteiger partial charge in [-0.05, 0) is 35.9 Å². The lowest BCUT2D eigenvalue weighted by Crippen LogP contribution is -2.28. The summed E-state index contributed by atoms with van der Waals surface area (Å²) in [5.74, 6) is -1.56. The average molecular weight is 269 g/mol. The molecule has 1 aromatic heterocycles. The van der Waals surface area contributed by atoms with Crippen molar-refractivity contribution in [2.75, 3.05) is 0 Å². The van der Waals surface area contributed by atoms with Crippen molar-refractivity contribution in [3.8, 4) is 5.75 Å². The van der Waals surface area contributed by atoms with Crippen LogP contribution in [0, 0.1) is 11.6 Å². The van der Waals surface area contributed by atoms with Gasteiger partial charge in [0.15, 0.2) is 11.6 Å². The number of rotatable bonds is 4. The Morgan fingerprint density at radius 3 is 2.56 bits per heavy atom. The molecule has 1 aromatic carbocycles. The first kappa shape index (κ1) is 13.0. The van der Waals surface area contributed by atoms with Gasteiger partial charge >= 0.3 is 0 Å². The quantitative estimate of drug-likeness (QED) is 0.922. The number of nitrogens with two attached hydrogens (primary N) is 1. The van der Waals surface area contributed by atoms with Gasteiger partial charge < -0.3 is 10.5 Å². The summed E-state index contributed by atoms with van der Waals surface area (Å²) in [6.45, 7) is 1.81. The summed E-state index contributed by atoms with van der Waals surface area (Å²) in [4.78, 5) is 0. The molecule has 1 heterocycles. The Labute approximate surface area is 108 Å². The first-order chi connectivity index (χ1) is 8.58. The van der Waals surface area contributed by atoms with E-state index >= 15 is 0 Å². The van der Waals surface area contributed by atoms with Gasteiger partial charge in [0.2, 0.25) is 0 Å². The Hall–Kier alpha value is -1.46. The summed E-state index contributed by atoms with van der Waals surface area (Å²) >= 11 is 1.53. The molecule has 2 atom stereocenters. The maximum Gasteiger partial charge on any atom is 0.162 e. The summed E-state index contributed by atoms with van der Waals surface area (Å²) in [6, 6.07) is 5.10. The van der Waals surface area contributed by atoms with E-state index in [9.17, 15) is 8.78 Å². The fraction of sp³-hybridized carbons (Fsp3) is 0.231. The minimum absolute atomic E-state index is 0.257. The first-order valence-corrected chi connectivity index (χ1v) is 6.41. The maximum atomic E-state index is 13.1. The minimum atomic E-state index is -0.929. The van der Waals surface area contributed by atoms with Crippen molar-refractivity contribution in [1.82, 2.24) is 0 Å². The highest BCUT2D eigenvalue weighted by Crippen LogP contribution is 2.26. The lowest BCUT2D eigenvalue weighted by Gasteiger charge is -2.21. The molecule has 0 aliphatic rings. The molecule has 0 spiro atoms. The van der Waals surface area contributed by atoms with Crippen LogP contribution in [-0.2, 0) is 0 Å². The molecule has 96 valence electrons. The predicted molar refractivity (Wildman–Crippen MR) is 67.7 cm³/mol. The Morgan fingerprint density at radius 1 is 1.22 bits per heavy atom. The first-order valence-electron chi connectivity index (χ1n) is 5.47. The van der Waals surface area contributed by atoms with E-state index in [0.717, 1.165) is 17.7 Å². The van der Waals surface area contributed by atoms with E-state index < -0.39 is 11.6 Å². The molecule has 0 bridgehead atoms. The number of ether oxygens (including phenoxy) is 1. The number of benzene rings is 1. The summed E-state index contributed by atoms with van der Waals surface area (Å²) in [7, 11) is 0. The van der Waals surface area contributed by atoms with Crippen LogP contribution < -0.4 is 10.5 Å². The van der Waals surface area contributed by atoms with Crippen molar-refractivity contribution in [1.29, 1.82) is 0 Å². The van der Waals surface area contributed by atoms with Gasteiger partial charge in [0.25, 0.3) is 0 Å². The summed E-state index contributed by atoms with van der Waals surface area (Å²) in [5.41, 5.74) is 6.79. The highest BCUT2D eigenvalue weighted by atomic mass is 32.1. The highest BCUT2D eigenvalue weighted by molar-refractivity contribution is 7.07. The molecular formula is C13H13F2NOS. The fourth-order valence-corrected chi connectivity index (χ4v) is 2.30. The van der Waals surface area contributed by atoms with Crippen molar-refractivity contribution >= 4 is 11.3 Å². The Morgan fingerprint density at radius 2 is 2.00 bits per heavy atom. The highest BCUT2D eigenvalue weighted by Gasteiger charge is 2.19. The molecule has 18 heavy (non-hydrogen) atoms. The number of halogens is 2. The van der Waals surface area contributed by atoms with Crippen LogP contribution in [0.5, 0.6) is 5.75 Å². The standard InChI is InChI=1S/C13H13F2NOS/c1-8(16)13(9-4-5-18-7-9)17-10-2-3-11(14)12(15)6-10/h2-8,13H,16H2,1H3. The zero-order chi connectivity index (χ0) is 13.1. The molecule has 2 N–H and O–H groups in total. The van der Waals surface area contributed by atoms with Gasteiger partial charge in [-0.3, -0.25) is 0 Å². The van der Waals surface area contributed by atoms with Crippen molar-refractivity contribution in [2.45, 2.75) is 19.1 Å². The van der Waals surface area contributed by atoms with Crippen LogP contribution in [0.15, 0.2) is 35.0 Å². The van der Waals surface area contributed by atoms with Crippen LogP contribution in [0.4, 0.5) is 8.78 Å². The molecule has 0 aliphatic carbocycles. The molecule has 2 rings (SSSR count). The van der Waals surface area contributed by atoms with E-state index in [-0.39, 0.29) is 17.9 Å². The molecule has 2 unspecified atom stereocenters. The second-order valence-corrected chi connectivity index (χ2v) is 4.81. The zero-order valence-corrected chi connectivity index (χ0v) is 10.6. The summed E-state index contributed by atoms with van der Waals surface area (Å²) < 4.78 is 31.5. The van der Waals surface area contributed by atoms with Crippen molar-refractivity contribution in [2.24, 2.45) is 5.73 Å². The second kappa shape index (κ2) is 5.46. The fourth-order valence-electron chi connectivity index (χ4n) is 1.61. The molecule has 0 aliphatic heterocycles. The molecular weight excluding hydrogens is 256 g/mol. The van der Waals surface area contributed by atoms with Crippen LogP contribution in [0.25, 0.3) is 0 Å². The van der Waals surface area contributed by atoms with Crippen LogP contribution in [-0.4, -0.2) is 6.04 Å². The normalized spacial score (nSPS) is 14.2. The smallest absolute Gasteiger partial charge is 0.162 e. The molecule has 5 heteroatoms. The summed E-state index contributed by atoms with van der Waals surface area (Å²) in [6.07, 6.45) is -0.374. The zero-order valence-electron chi connectivity index (χ0n) is 9.77.